The number of benzene rings is 2. The number of nitro groups is 1. The van der Waals surface area contributed by atoms with Gasteiger partial charge in [-0.1, -0.05) is 43.9 Å². The minimum atomic E-state index is -0.436. The maximum absolute atomic E-state index is 11.8. The number of rotatable bonds is 7. The first kappa shape index (κ1) is 20.6. The van der Waals surface area contributed by atoms with E-state index in [9.17, 15) is 10.1 Å². The summed E-state index contributed by atoms with van der Waals surface area (Å²) in [5.74, 6) is 1.83. The zero-order chi connectivity index (χ0) is 21.5. The van der Waals surface area contributed by atoms with Crippen LogP contribution in [0.25, 0.3) is 0 Å². The fraction of sp³-hybridized carbons (Fsp3) is 0.304. The fourth-order valence-electron chi connectivity index (χ4n) is 3.73. The molecule has 0 aliphatic heterocycles. The van der Waals surface area contributed by atoms with Crippen molar-refractivity contribution in [3.05, 3.63) is 71.0 Å². The molecule has 1 saturated carbocycles. The van der Waals surface area contributed by atoms with Gasteiger partial charge in [0.05, 0.1) is 4.92 Å². The van der Waals surface area contributed by atoms with Crippen LogP contribution in [0.1, 0.15) is 38.5 Å². The van der Waals surface area contributed by atoms with Gasteiger partial charge in [0.2, 0.25) is 11.6 Å². The Morgan fingerprint density at radius 2 is 1.52 bits per heavy atom. The molecule has 2 aromatic carbocycles. The van der Waals surface area contributed by atoms with Crippen molar-refractivity contribution in [2.75, 3.05) is 10.6 Å². The highest BCUT2D eigenvalue weighted by Crippen LogP contribution is 2.33. The van der Waals surface area contributed by atoms with E-state index in [1.807, 2.05) is 30.3 Å². The van der Waals surface area contributed by atoms with Gasteiger partial charge in [-0.25, -0.2) is 9.97 Å². The van der Waals surface area contributed by atoms with E-state index in [1.165, 1.54) is 19.2 Å². The maximum Gasteiger partial charge on any atom is 0.353 e. The second kappa shape index (κ2) is 9.88. The molecule has 0 radical (unpaired) electrons. The molecule has 2 N–H and O–H groups in total. The lowest BCUT2D eigenvalue weighted by molar-refractivity contribution is -0.383. The molecule has 0 spiro atoms. The van der Waals surface area contributed by atoms with Gasteiger partial charge in [0, 0.05) is 11.7 Å². The van der Waals surface area contributed by atoms with Crippen LogP contribution in [-0.4, -0.2) is 20.9 Å². The van der Waals surface area contributed by atoms with Crippen molar-refractivity contribution < 1.29 is 9.66 Å². The molecule has 3 aromatic rings. The Balaban J connectivity index is 1.50. The topological polar surface area (TPSA) is 102 Å². The molecule has 0 saturated heterocycles. The molecule has 0 unspecified atom stereocenters. The minimum Gasteiger partial charge on any atom is -0.457 e. The lowest BCUT2D eigenvalue weighted by atomic mass is 10.1. The van der Waals surface area contributed by atoms with Gasteiger partial charge in [-0.3, -0.25) is 10.1 Å². The Labute approximate surface area is 180 Å². The van der Waals surface area contributed by atoms with Crippen molar-refractivity contribution in [3.8, 4) is 11.5 Å². The molecule has 1 heterocycles. The number of ether oxygens (including phenoxy) is 1. The van der Waals surface area contributed by atoms with E-state index in [4.69, 9.17) is 4.74 Å². The second-order valence-corrected chi connectivity index (χ2v) is 7.57. The molecule has 1 fully saturated rings. The number of para-hydroxylation sites is 1. The third kappa shape index (κ3) is 5.48. The van der Waals surface area contributed by atoms with Crippen molar-refractivity contribution in [1.29, 1.82) is 0 Å². The highest BCUT2D eigenvalue weighted by Gasteiger charge is 2.25. The zero-order valence-electron chi connectivity index (χ0n) is 17.2. The normalized spacial score (nSPS) is 14.5. The molecule has 4 rings (SSSR count). The van der Waals surface area contributed by atoms with E-state index >= 15 is 0 Å². The van der Waals surface area contributed by atoms with E-state index in [1.54, 1.807) is 24.3 Å². The minimum absolute atomic E-state index is 0.142. The van der Waals surface area contributed by atoms with Gasteiger partial charge >= 0.3 is 5.69 Å². The molecule has 31 heavy (non-hydrogen) atoms. The molecule has 1 aliphatic rings. The Morgan fingerprint density at radius 1 is 0.871 bits per heavy atom. The number of nitrogens with zero attached hydrogens (tertiary/aromatic N) is 3. The van der Waals surface area contributed by atoms with Gasteiger partial charge in [-0.05, 0) is 49.2 Å². The van der Waals surface area contributed by atoms with E-state index in [2.05, 4.69) is 20.6 Å². The standard InChI is InChI=1S/C23H25N5O3/c29-28(30)21-22(26-17-8-4-1-2-5-9-17)24-16-25-23(21)27-18-12-14-20(15-13-18)31-19-10-6-3-7-11-19/h3,6-7,10-17H,1-2,4-5,8-9H2,(H2,24,25,26,27). The van der Waals surface area contributed by atoms with Gasteiger partial charge in [0.25, 0.3) is 0 Å². The summed E-state index contributed by atoms with van der Waals surface area (Å²) in [7, 11) is 0. The van der Waals surface area contributed by atoms with Crippen molar-refractivity contribution in [2.24, 2.45) is 0 Å². The average Bonchev–Trinajstić information content (AvgIpc) is 3.04. The monoisotopic (exact) mass is 419 g/mol. The summed E-state index contributed by atoms with van der Waals surface area (Å²) >= 11 is 0. The third-order valence-corrected chi connectivity index (χ3v) is 5.30. The molecule has 160 valence electrons. The predicted molar refractivity (Wildman–Crippen MR) is 120 cm³/mol. The first-order valence-electron chi connectivity index (χ1n) is 10.5. The largest absolute Gasteiger partial charge is 0.457 e. The van der Waals surface area contributed by atoms with Crippen molar-refractivity contribution in [1.82, 2.24) is 9.97 Å². The summed E-state index contributed by atoms with van der Waals surface area (Å²) in [6.45, 7) is 0. The number of anilines is 3. The Hall–Kier alpha value is -3.68. The Bertz CT molecular complexity index is 1000. The van der Waals surface area contributed by atoms with Crippen LogP contribution in [0.5, 0.6) is 11.5 Å². The van der Waals surface area contributed by atoms with E-state index < -0.39 is 4.92 Å². The summed E-state index contributed by atoms with van der Waals surface area (Å²) in [4.78, 5) is 19.7. The molecule has 8 heteroatoms. The molecular weight excluding hydrogens is 394 g/mol. The van der Waals surface area contributed by atoms with Crippen LogP contribution in [0.3, 0.4) is 0 Å². The molecule has 1 aromatic heterocycles. The van der Waals surface area contributed by atoms with Gasteiger partial charge < -0.3 is 15.4 Å². The number of hydrogen-bond donors (Lipinski definition) is 2. The van der Waals surface area contributed by atoms with Crippen LogP contribution in [-0.2, 0) is 0 Å². The van der Waals surface area contributed by atoms with Gasteiger partial charge in [-0.2, -0.15) is 0 Å². The number of nitrogens with one attached hydrogen (secondary N) is 2. The van der Waals surface area contributed by atoms with E-state index in [0.29, 0.717) is 11.4 Å². The molecule has 0 atom stereocenters. The smallest absolute Gasteiger partial charge is 0.353 e. The Morgan fingerprint density at radius 3 is 2.19 bits per heavy atom. The molecular formula is C23H25N5O3. The highest BCUT2D eigenvalue weighted by atomic mass is 16.6. The lowest BCUT2D eigenvalue weighted by Crippen LogP contribution is -2.20. The molecule has 0 amide bonds. The van der Waals surface area contributed by atoms with Crippen LogP contribution in [0.4, 0.5) is 23.0 Å². The van der Waals surface area contributed by atoms with Crippen LogP contribution < -0.4 is 15.4 Å². The third-order valence-electron chi connectivity index (χ3n) is 5.30. The van der Waals surface area contributed by atoms with Crippen molar-refractivity contribution >= 4 is 23.0 Å². The maximum atomic E-state index is 11.8. The van der Waals surface area contributed by atoms with Gasteiger partial charge in [-0.15, -0.1) is 0 Å². The fourth-order valence-corrected chi connectivity index (χ4v) is 3.73. The summed E-state index contributed by atoms with van der Waals surface area (Å²) < 4.78 is 5.79. The zero-order valence-corrected chi connectivity index (χ0v) is 17.2. The van der Waals surface area contributed by atoms with Crippen LogP contribution in [0.15, 0.2) is 60.9 Å². The SMILES string of the molecule is O=[N+]([O-])c1c(Nc2ccc(Oc3ccccc3)cc2)ncnc1NC1CCCCCC1. The van der Waals surface area contributed by atoms with E-state index in [0.717, 1.165) is 31.4 Å². The first-order valence-corrected chi connectivity index (χ1v) is 10.5. The average molecular weight is 419 g/mol. The molecule has 8 nitrogen and oxygen atoms in total. The number of hydrogen-bond acceptors (Lipinski definition) is 7. The quantitative estimate of drug-likeness (QED) is 0.273. The highest BCUT2D eigenvalue weighted by molar-refractivity contribution is 5.74. The van der Waals surface area contributed by atoms with Crippen LogP contribution in [0, 0.1) is 10.1 Å². The van der Waals surface area contributed by atoms with Gasteiger partial charge in [0.15, 0.2) is 0 Å². The molecule has 0 bridgehead atoms. The van der Waals surface area contributed by atoms with Gasteiger partial charge in [0.1, 0.15) is 17.8 Å². The first-order chi connectivity index (χ1) is 15.2. The summed E-state index contributed by atoms with van der Waals surface area (Å²) in [5, 5.41) is 18.2. The second-order valence-electron chi connectivity index (χ2n) is 7.57. The summed E-state index contributed by atoms with van der Waals surface area (Å²) in [5.41, 5.74) is 0.527. The van der Waals surface area contributed by atoms with E-state index in [-0.39, 0.29) is 23.4 Å². The van der Waals surface area contributed by atoms with Crippen molar-refractivity contribution in [3.63, 3.8) is 0 Å². The summed E-state index contributed by atoms with van der Waals surface area (Å²) in [6, 6.07) is 16.9. The van der Waals surface area contributed by atoms with Crippen molar-refractivity contribution in [2.45, 2.75) is 44.6 Å². The summed E-state index contributed by atoms with van der Waals surface area (Å²) in [6.07, 6.45) is 8.00. The van der Waals surface area contributed by atoms with Crippen LogP contribution in [0.2, 0.25) is 0 Å². The lowest BCUT2D eigenvalue weighted by Gasteiger charge is -2.17. The number of aromatic nitrogens is 2. The molecule has 1 aliphatic carbocycles. The predicted octanol–water partition coefficient (Wildman–Crippen LogP) is 6.06. The van der Waals surface area contributed by atoms with Crippen LogP contribution >= 0.6 is 0 Å². The Kier molecular flexibility index (Phi) is 6.56.